The maximum atomic E-state index is 12.7. The average molecular weight is 356 g/mol. The summed E-state index contributed by atoms with van der Waals surface area (Å²) in [7, 11) is 2.88. The highest BCUT2D eigenvalue weighted by Gasteiger charge is 2.31. The fourth-order valence-corrected chi connectivity index (χ4v) is 2.81. The van der Waals surface area contributed by atoms with E-state index in [-0.39, 0.29) is 23.2 Å². The summed E-state index contributed by atoms with van der Waals surface area (Å²) in [5.74, 6) is 0.139. The molecule has 25 heavy (non-hydrogen) atoms. The van der Waals surface area contributed by atoms with Crippen molar-refractivity contribution >= 4 is 35.0 Å². The molecule has 1 aliphatic rings. The topological polar surface area (TPSA) is 71.0 Å². The lowest BCUT2D eigenvalue weighted by atomic mass is 10.1. The number of benzene rings is 2. The average Bonchev–Trinajstić information content (AvgIpc) is 2.90. The fraction of sp³-hybridized carbons (Fsp3) is 0.111. The lowest BCUT2D eigenvalue weighted by Gasteiger charge is -2.13. The van der Waals surface area contributed by atoms with Gasteiger partial charge in [-0.1, -0.05) is 18.2 Å². The van der Waals surface area contributed by atoms with Crippen LogP contribution in [0.3, 0.4) is 0 Å². The van der Waals surface area contributed by atoms with Crippen LogP contribution >= 0.6 is 12.2 Å². The second kappa shape index (κ2) is 6.82. The molecule has 0 aliphatic carbocycles. The van der Waals surface area contributed by atoms with E-state index >= 15 is 0 Å². The van der Waals surface area contributed by atoms with Crippen molar-refractivity contribution < 1.29 is 19.4 Å². The van der Waals surface area contributed by atoms with E-state index in [0.29, 0.717) is 22.1 Å². The molecule has 0 saturated carbocycles. The van der Waals surface area contributed by atoms with Gasteiger partial charge in [-0.15, -0.1) is 0 Å². The lowest BCUT2D eigenvalue weighted by molar-refractivity contribution is -0.113. The first-order valence-corrected chi connectivity index (χ1v) is 7.83. The maximum absolute atomic E-state index is 12.7. The second-order valence-electron chi connectivity index (χ2n) is 5.24. The van der Waals surface area contributed by atoms with Crippen LogP contribution in [0.25, 0.3) is 6.08 Å². The van der Waals surface area contributed by atoms with Crippen LogP contribution in [0.2, 0.25) is 0 Å². The van der Waals surface area contributed by atoms with E-state index in [0.717, 1.165) is 0 Å². The second-order valence-corrected chi connectivity index (χ2v) is 5.63. The van der Waals surface area contributed by atoms with Crippen LogP contribution < -0.4 is 19.7 Å². The lowest BCUT2D eigenvalue weighted by Crippen LogP contribution is -2.30. The Morgan fingerprint density at radius 3 is 2.28 bits per heavy atom. The first-order valence-electron chi connectivity index (χ1n) is 7.42. The molecule has 3 rings (SSSR count). The molecule has 6 nitrogen and oxygen atoms in total. The molecule has 1 heterocycles. The van der Waals surface area contributed by atoms with E-state index in [4.69, 9.17) is 21.7 Å². The quantitative estimate of drug-likeness (QED) is 0.648. The Balaban J connectivity index is 1.98. The van der Waals surface area contributed by atoms with Gasteiger partial charge < -0.3 is 19.9 Å². The van der Waals surface area contributed by atoms with Crippen molar-refractivity contribution in [2.75, 3.05) is 19.1 Å². The molecular weight excluding hydrogens is 340 g/mol. The summed E-state index contributed by atoms with van der Waals surface area (Å²) < 4.78 is 10.3. The van der Waals surface area contributed by atoms with Gasteiger partial charge in [0.25, 0.3) is 5.91 Å². The largest absolute Gasteiger partial charge is 0.502 e. The van der Waals surface area contributed by atoms with Gasteiger partial charge in [0.2, 0.25) is 5.75 Å². The number of aromatic hydroxyl groups is 1. The number of phenolic OH excluding ortho intramolecular Hbond substituents is 1. The minimum Gasteiger partial charge on any atom is -0.502 e. The van der Waals surface area contributed by atoms with E-state index in [1.165, 1.54) is 19.1 Å². The highest BCUT2D eigenvalue weighted by molar-refractivity contribution is 7.80. The number of para-hydroxylation sites is 1. The summed E-state index contributed by atoms with van der Waals surface area (Å²) in [5.41, 5.74) is 1.64. The van der Waals surface area contributed by atoms with Gasteiger partial charge in [0.15, 0.2) is 16.6 Å². The van der Waals surface area contributed by atoms with Crippen LogP contribution in [0.15, 0.2) is 48.2 Å². The number of hydrogen-bond acceptors (Lipinski definition) is 5. The Bertz CT molecular complexity index is 840. The SMILES string of the molecule is COc1cc(/C=C2\NC(=S)N(c3ccccc3)C2=O)cc(OC)c1O. The van der Waals surface area contributed by atoms with Crippen molar-refractivity contribution in [2.24, 2.45) is 0 Å². The summed E-state index contributed by atoms with van der Waals surface area (Å²) in [6.45, 7) is 0. The van der Waals surface area contributed by atoms with E-state index < -0.39 is 0 Å². The van der Waals surface area contributed by atoms with Crippen LogP contribution in [-0.4, -0.2) is 30.3 Å². The highest BCUT2D eigenvalue weighted by Crippen LogP contribution is 2.37. The molecule has 1 aliphatic heterocycles. The Labute approximate surface area is 150 Å². The third-order valence-electron chi connectivity index (χ3n) is 3.71. The van der Waals surface area contributed by atoms with Crippen molar-refractivity contribution in [1.82, 2.24) is 5.32 Å². The number of thiocarbonyl (C=S) groups is 1. The van der Waals surface area contributed by atoms with Gasteiger partial charge in [0.1, 0.15) is 5.70 Å². The number of carbonyl (C=O) groups is 1. The third-order valence-corrected chi connectivity index (χ3v) is 3.99. The predicted octanol–water partition coefficient (Wildman–Crippen LogP) is 2.67. The predicted molar refractivity (Wildman–Crippen MR) is 98.8 cm³/mol. The van der Waals surface area contributed by atoms with Gasteiger partial charge in [-0.3, -0.25) is 9.69 Å². The smallest absolute Gasteiger partial charge is 0.281 e. The first-order chi connectivity index (χ1) is 12.0. The van der Waals surface area contributed by atoms with Gasteiger partial charge in [0.05, 0.1) is 19.9 Å². The van der Waals surface area contributed by atoms with Gasteiger partial charge >= 0.3 is 0 Å². The monoisotopic (exact) mass is 356 g/mol. The van der Waals surface area contributed by atoms with E-state index in [1.807, 2.05) is 18.2 Å². The Morgan fingerprint density at radius 1 is 1.12 bits per heavy atom. The number of nitrogens with zero attached hydrogens (tertiary/aromatic N) is 1. The molecule has 128 valence electrons. The number of amides is 1. The van der Waals surface area contributed by atoms with Gasteiger partial charge in [-0.05, 0) is 48.1 Å². The Morgan fingerprint density at radius 2 is 1.72 bits per heavy atom. The van der Waals surface area contributed by atoms with Crippen LogP contribution in [-0.2, 0) is 4.79 Å². The van der Waals surface area contributed by atoms with Gasteiger partial charge in [0, 0.05) is 0 Å². The van der Waals surface area contributed by atoms with E-state index in [1.54, 1.807) is 30.3 Å². The maximum Gasteiger partial charge on any atom is 0.281 e. The number of phenols is 1. The van der Waals surface area contributed by atoms with E-state index in [2.05, 4.69) is 5.32 Å². The van der Waals surface area contributed by atoms with Crippen LogP contribution in [0.1, 0.15) is 5.56 Å². The molecular formula is C18H16N2O4S. The zero-order valence-electron chi connectivity index (χ0n) is 13.6. The molecule has 0 spiro atoms. The van der Waals surface area contributed by atoms with Crippen molar-refractivity contribution in [1.29, 1.82) is 0 Å². The molecule has 0 unspecified atom stereocenters. The van der Waals surface area contributed by atoms with Gasteiger partial charge in [-0.2, -0.15) is 0 Å². The standard InChI is InChI=1S/C18H16N2O4S/c1-23-14-9-11(10-15(24-2)16(14)21)8-13-17(22)20(18(25)19-13)12-6-4-3-5-7-12/h3-10,21H,1-2H3,(H,19,25)/b13-8-. The normalized spacial score (nSPS) is 15.4. The zero-order valence-corrected chi connectivity index (χ0v) is 14.5. The van der Waals surface area contributed by atoms with Crippen molar-refractivity contribution in [2.45, 2.75) is 0 Å². The molecule has 1 fully saturated rings. The van der Waals surface area contributed by atoms with Crippen LogP contribution in [0, 0.1) is 0 Å². The number of anilines is 1. The Kier molecular flexibility index (Phi) is 4.58. The van der Waals surface area contributed by atoms with Crippen LogP contribution in [0.5, 0.6) is 17.2 Å². The molecule has 0 aromatic heterocycles. The summed E-state index contributed by atoms with van der Waals surface area (Å²) in [4.78, 5) is 14.1. The van der Waals surface area contributed by atoms with Gasteiger partial charge in [-0.25, -0.2) is 0 Å². The molecule has 1 amide bonds. The fourth-order valence-electron chi connectivity index (χ4n) is 2.51. The minimum atomic E-state index is -0.262. The highest BCUT2D eigenvalue weighted by atomic mass is 32.1. The summed E-state index contributed by atoms with van der Waals surface area (Å²) in [5, 5.41) is 13.2. The Hall–Kier alpha value is -3.06. The number of nitrogens with one attached hydrogen (secondary N) is 1. The number of carbonyl (C=O) groups excluding carboxylic acids is 1. The first kappa shape index (κ1) is 16.8. The molecule has 7 heteroatoms. The minimum absolute atomic E-state index is 0.0979. The summed E-state index contributed by atoms with van der Waals surface area (Å²) in [6.07, 6.45) is 1.63. The van der Waals surface area contributed by atoms with Crippen LogP contribution in [0.4, 0.5) is 5.69 Å². The molecule has 0 radical (unpaired) electrons. The molecule has 0 bridgehead atoms. The number of rotatable bonds is 4. The molecule has 2 aromatic carbocycles. The molecule has 0 atom stereocenters. The summed E-state index contributed by atoms with van der Waals surface area (Å²) in [6, 6.07) is 12.4. The molecule has 2 N–H and O–H groups in total. The van der Waals surface area contributed by atoms with Crippen molar-refractivity contribution in [3.8, 4) is 17.2 Å². The van der Waals surface area contributed by atoms with E-state index in [9.17, 15) is 9.90 Å². The number of methoxy groups -OCH3 is 2. The third kappa shape index (κ3) is 3.14. The van der Waals surface area contributed by atoms with Crippen molar-refractivity contribution in [3.63, 3.8) is 0 Å². The number of hydrogen-bond donors (Lipinski definition) is 2. The summed E-state index contributed by atoms with van der Waals surface area (Å²) >= 11 is 5.27. The molecule has 1 saturated heterocycles. The zero-order chi connectivity index (χ0) is 18.0. The van der Waals surface area contributed by atoms with Crippen molar-refractivity contribution in [3.05, 3.63) is 53.7 Å². The number of ether oxygens (including phenoxy) is 2. The molecule has 2 aromatic rings.